The molecule has 1 fully saturated rings. The molecule has 1 aliphatic heterocycles. The molecule has 0 spiro atoms. The number of likely N-dealkylation sites (tertiary alicyclic amines) is 1. The fourth-order valence-electron chi connectivity index (χ4n) is 2.82. The van der Waals surface area contributed by atoms with Gasteiger partial charge in [-0.25, -0.2) is 4.79 Å². The van der Waals surface area contributed by atoms with E-state index in [4.69, 9.17) is 4.74 Å². The second kappa shape index (κ2) is 10.3. The minimum atomic E-state index is -0.541. The van der Waals surface area contributed by atoms with Crippen molar-refractivity contribution < 1.29 is 19.1 Å². The third-order valence-electron chi connectivity index (χ3n) is 4.38. The van der Waals surface area contributed by atoms with Gasteiger partial charge in [-0.1, -0.05) is 19.1 Å². The molecule has 1 saturated heterocycles. The standard InChI is InChI=1S/C20H28N2O4S/c1-14(2)21-18(23)13-27-17-7-5-4-6-16(17)20(25)26-12-19(24)22-10-8-15(3)9-11-22/h4-7,14-15H,8-13H2,1-3H3,(H,21,23). The maximum atomic E-state index is 12.4. The molecule has 2 rings (SSSR count). The zero-order valence-corrected chi connectivity index (χ0v) is 17.0. The molecular formula is C20H28N2O4S. The first-order valence-corrected chi connectivity index (χ1v) is 10.3. The molecule has 1 aliphatic rings. The van der Waals surface area contributed by atoms with Gasteiger partial charge in [0.1, 0.15) is 0 Å². The van der Waals surface area contributed by atoms with Crippen molar-refractivity contribution in [3.05, 3.63) is 29.8 Å². The number of esters is 1. The second-order valence-electron chi connectivity index (χ2n) is 7.15. The molecule has 1 aromatic rings. The molecule has 1 aromatic carbocycles. The average Bonchev–Trinajstić information content (AvgIpc) is 2.64. The van der Waals surface area contributed by atoms with E-state index in [-0.39, 0.29) is 30.2 Å². The van der Waals surface area contributed by atoms with Crippen molar-refractivity contribution >= 4 is 29.5 Å². The number of nitrogens with one attached hydrogen (secondary N) is 1. The van der Waals surface area contributed by atoms with Gasteiger partial charge in [-0.15, -0.1) is 11.8 Å². The van der Waals surface area contributed by atoms with E-state index in [1.165, 1.54) is 11.8 Å². The highest BCUT2D eigenvalue weighted by Crippen LogP contribution is 2.23. The highest BCUT2D eigenvalue weighted by molar-refractivity contribution is 8.00. The largest absolute Gasteiger partial charge is 0.452 e. The molecule has 0 atom stereocenters. The molecule has 148 valence electrons. The van der Waals surface area contributed by atoms with E-state index in [0.29, 0.717) is 16.4 Å². The molecule has 2 amide bonds. The third kappa shape index (κ3) is 6.90. The smallest absolute Gasteiger partial charge is 0.339 e. The monoisotopic (exact) mass is 392 g/mol. The van der Waals surface area contributed by atoms with Gasteiger partial charge in [0.2, 0.25) is 5.91 Å². The lowest BCUT2D eigenvalue weighted by Gasteiger charge is -2.30. The number of rotatable bonds is 7. The Balaban J connectivity index is 1.88. The predicted molar refractivity (Wildman–Crippen MR) is 106 cm³/mol. The third-order valence-corrected chi connectivity index (χ3v) is 5.45. The van der Waals surface area contributed by atoms with Gasteiger partial charge in [0, 0.05) is 24.0 Å². The van der Waals surface area contributed by atoms with Crippen LogP contribution in [0.3, 0.4) is 0 Å². The van der Waals surface area contributed by atoms with Crippen LogP contribution in [0.5, 0.6) is 0 Å². The number of thioether (sulfide) groups is 1. The lowest BCUT2D eigenvalue weighted by atomic mass is 9.99. The van der Waals surface area contributed by atoms with Crippen LogP contribution in [0.25, 0.3) is 0 Å². The highest BCUT2D eigenvalue weighted by Gasteiger charge is 2.22. The first-order chi connectivity index (χ1) is 12.9. The molecule has 27 heavy (non-hydrogen) atoms. The van der Waals surface area contributed by atoms with Gasteiger partial charge >= 0.3 is 5.97 Å². The van der Waals surface area contributed by atoms with E-state index in [2.05, 4.69) is 12.2 Å². The summed E-state index contributed by atoms with van der Waals surface area (Å²) in [5, 5.41) is 2.82. The van der Waals surface area contributed by atoms with Crippen LogP contribution in [0, 0.1) is 5.92 Å². The van der Waals surface area contributed by atoms with E-state index in [1.807, 2.05) is 13.8 Å². The Labute approximate surface area is 165 Å². The second-order valence-corrected chi connectivity index (χ2v) is 8.16. The maximum absolute atomic E-state index is 12.4. The minimum Gasteiger partial charge on any atom is -0.452 e. The van der Waals surface area contributed by atoms with Crippen molar-refractivity contribution in [1.82, 2.24) is 10.2 Å². The Kier molecular flexibility index (Phi) is 8.16. The van der Waals surface area contributed by atoms with Crippen LogP contribution in [-0.2, 0) is 14.3 Å². The van der Waals surface area contributed by atoms with Crippen molar-refractivity contribution in [1.29, 1.82) is 0 Å². The molecule has 1 heterocycles. The number of benzene rings is 1. The number of ether oxygens (including phenoxy) is 1. The van der Waals surface area contributed by atoms with E-state index < -0.39 is 5.97 Å². The summed E-state index contributed by atoms with van der Waals surface area (Å²) < 4.78 is 5.24. The molecule has 1 N–H and O–H groups in total. The summed E-state index contributed by atoms with van der Waals surface area (Å²) in [5.41, 5.74) is 0.375. The maximum Gasteiger partial charge on any atom is 0.339 e. The van der Waals surface area contributed by atoms with Crippen molar-refractivity contribution in [3.8, 4) is 0 Å². The Morgan fingerprint density at radius 3 is 2.56 bits per heavy atom. The Morgan fingerprint density at radius 1 is 1.22 bits per heavy atom. The van der Waals surface area contributed by atoms with Gasteiger partial charge in [0.25, 0.3) is 5.91 Å². The number of piperidine rings is 1. The summed E-state index contributed by atoms with van der Waals surface area (Å²) in [6.07, 6.45) is 1.97. The summed E-state index contributed by atoms with van der Waals surface area (Å²) in [6.45, 7) is 7.16. The first-order valence-electron chi connectivity index (χ1n) is 9.33. The number of hydrogen-bond donors (Lipinski definition) is 1. The summed E-state index contributed by atoms with van der Waals surface area (Å²) >= 11 is 1.28. The van der Waals surface area contributed by atoms with Crippen LogP contribution in [0.4, 0.5) is 0 Å². The van der Waals surface area contributed by atoms with Crippen LogP contribution in [0.2, 0.25) is 0 Å². The average molecular weight is 393 g/mol. The van der Waals surface area contributed by atoms with Gasteiger partial charge in [-0.05, 0) is 44.7 Å². The number of amides is 2. The number of carbonyl (C=O) groups is 3. The quantitative estimate of drug-likeness (QED) is 0.570. The van der Waals surface area contributed by atoms with Gasteiger partial charge in [-0.2, -0.15) is 0 Å². The fraction of sp³-hybridized carbons (Fsp3) is 0.550. The van der Waals surface area contributed by atoms with Gasteiger partial charge < -0.3 is 15.0 Å². The van der Waals surface area contributed by atoms with Gasteiger partial charge in [-0.3, -0.25) is 9.59 Å². The Morgan fingerprint density at radius 2 is 1.89 bits per heavy atom. The van der Waals surface area contributed by atoms with Crippen molar-refractivity contribution in [2.24, 2.45) is 5.92 Å². The summed E-state index contributed by atoms with van der Waals surface area (Å²) in [6, 6.07) is 7.04. The predicted octanol–water partition coefficient (Wildman–Crippen LogP) is 2.72. The molecule has 7 heteroatoms. The number of carbonyl (C=O) groups excluding carboxylic acids is 3. The van der Waals surface area contributed by atoms with E-state index in [0.717, 1.165) is 25.9 Å². The molecule has 0 aromatic heterocycles. The number of hydrogen-bond acceptors (Lipinski definition) is 5. The van der Waals surface area contributed by atoms with Crippen molar-refractivity contribution in [2.45, 2.75) is 44.6 Å². The van der Waals surface area contributed by atoms with Crippen LogP contribution < -0.4 is 5.32 Å². The minimum absolute atomic E-state index is 0.0714. The van der Waals surface area contributed by atoms with Gasteiger partial charge in [0.05, 0.1) is 11.3 Å². The zero-order valence-electron chi connectivity index (χ0n) is 16.2. The summed E-state index contributed by atoms with van der Waals surface area (Å²) in [4.78, 5) is 38.9. The topological polar surface area (TPSA) is 75.7 Å². The number of nitrogens with zero attached hydrogens (tertiary/aromatic N) is 1. The molecular weight excluding hydrogens is 364 g/mol. The fourth-order valence-corrected chi connectivity index (χ4v) is 3.67. The normalized spacial score (nSPS) is 14.9. The van der Waals surface area contributed by atoms with Crippen molar-refractivity contribution in [3.63, 3.8) is 0 Å². The molecule has 0 bridgehead atoms. The van der Waals surface area contributed by atoms with E-state index in [1.54, 1.807) is 29.2 Å². The molecule has 6 nitrogen and oxygen atoms in total. The van der Waals surface area contributed by atoms with Crippen LogP contribution in [0.15, 0.2) is 29.2 Å². The summed E-state index contributed by atoms with van der Waals surface area (Å²) in [5.74, 6) is 0.0618. The first kappa shape index (κ1) is 21.3. The Bertz CT molecular complexity index is 670. The molecule has 0 unspecified atom stereocenters. The Hall–Kier alpha value is -2.02. The van der Waals surface area contributed by atoms with Crippen molar-refractivity contribution in [2.75, 3.05) is 25.4 Å². The zero-order chi connectivity index (χ0) is 19.8. The molecule has 0 radical (unpaired) electrons. The van der Waals surface area contributed by atoms with E-state index in [9.17, 15) is 14.4 Å². The molecule has 0 saturated carbocycles. The van der Waals surface area contributed by atoms with Crippen LogP contribution in [0.1, 0.15) is 44.0 Å². The lowest BCUT2D eigenvalue weighted by molar-refractivity contribution is -0.135. The van der Waals surface area contributed by atoms with E-state index >= 15 is 0 Å². The SMILES string of the molecule is CC1CCN(C(=O)COC(=O)c2ccccc2SCC(=O)NC(C)C)CC1. The lowest BCUT2D eigenvalue weighted by Crippen LogP contribution is -2.40. The highest BCUT2D eigenvalue weighted by atomic mass is 32.2. The van der Waals surface area contributed by atoms with Crippen LogP contribution in [-0.4, -0.2) is 54.2 Å². The van der Waals surface area contributed by atoms with Crippen LogP contribution >= 0.6 is 11.8 Å². The summed E-state index contributed by atoms with van der Waals surface area (Å²) in [7, 11) is 0. The van der Waals surface area contributed by atoms with Gasteiger partial charge in [0.15, 0.2) is 6.61 Å². The molecule has 0 aliphatic carbocycles.